The first-order valence-electron chi connectivity index (χ1n) is 4.90. The minimum absolute atomic E-state index is 0.108. The lowest BCUT2D eigenvalue weighted by Crippen LogP contribution is -2.19. The largest absolute Gasteiger partial charge is 0.493 e. The van der Waals surface area contributed by atoms with Crippen molar-refractivity contribution in [2.24, 2.45) is 0 Å². The van der Waals surface area contributed by atoms with E-state index in [1.165, 1.54) is 0 Å². The molecule has 0 spiro atoms. The van der Waals surface area contributed by atoms with Crippen molar-refractivity contribution in [1.29, 1.82) is 0 Å². The molecule has 1 aromatic carbocycles. The van der Waals surface area contributed by atoms with Gasteiger partial charge in [-0.05, 0) is 18.1 Å². The van der Waals surface area contributed by atoms with Crippen LogP contribution in [-0.2, 0) is 6.42 Å². The van der Waals surface area contributed by atoms with Crippen molar-refractivity contribution < 1.29 is 14.6 Å². The predicted molar refractivity (Wildman–Crippen MR) is 57.7 cm³/mol. The summed E-state index contributed by atoms with van der Waals surface area (Å²) in [5.74, 6) is 1.44. The zero-order valence-corrected chi connectivity index (χ0v) is 8.91. The molecule has 1 unspecified atom stereocenters. The average Bonchev–Trinajstić information content (AvgIpc) is 2.68. The summed E-state index contributed by atoms with van der Waals surface area (Å²) in [4.78, 5) is 0. The van der Waals surface area contributed by atoms with Gasteiger partial charge in [0.1, 0.15) is 0 Å². The first-order valence-corrected chi connectivity index (χ1v) is 4.90. The lowest BCUT2D eigenvalue weighted by molar-refractivity contribution is 0.277. The second-order valence-corrected chi connectivity index (χ2v) is 3.59. The van der Waals surface area contributed by atoms with E-state index in [0.717, 1.165) is 23.4 Å². The van der Waals surface area contributed by atoms with Crippen LogP contribution < -0.4 is 14.8 Å². The summed E-state index contributed by atoms with van der Waals surface area (Å²) in [5, 5.41) is 12.3. The fourth-order valence-electron chi connectivity index (χ4n) is 1.87. The molecule has 0 bridgehead atoms. The number of fused-ring (bicyclic) bond motifs is 1. The Morgan fingerprint density at radius 2 is 2.00 bits per heavy atom. The van der Waals surface area contributed by atoms with Gasteiger partial charge in [-0.3, -0.25) is 0 Å². The average molecular weight is 209 g/mol. The van der Waals surface area contributed by atoms with Crippen molar-refractivity contribution in [2.75, 3.05) is 26.1 Å². The van der Waals surface area contributed by atoms with Gasteiger partial charge < -0.3 is 19.9 Å². The molecule has 1 heterocycles. The first kappa shape index (κ1) is 10.1. The molecule has 0 aromatic heterocycles. The van der Waals surface area contributed by atoms with E-state index < -0.39 is 0 Å². The summed E-state index contributed by atoms with van der Waals surface area (Å²) < 4.78 is 10.4. The van der Waals surface area contributed by atoms with Crippen molar-refractivity contribution in [3.63, 3.8) is 0 Å². The van der Waals surface area contributed by atoms with E-state index in [4.69, 9.17) is 14.6 Å². The van der Waals surface area contributed by atoms with Crippen LogP contribution in [-0.4, -0.2) is 32.0 Å². The van der Waals surface area contributed by atoms with Crippen LogP contribution in [0.5, 0.6) is 11.5 Å². The quantitative estimate of drug-likeness (QED) is 0.780. The molecule has 2 rings (SSSR count). The number of anilines is 1. The molecule has 2 N–H and O–H groups in total. The minimum Gasteiger partial charge on any atom is -0.493 e. The zero-order chi connectivity index (χ0) is 10.8. The van der Waals surface area contributed by atoms with Gasteiger partial charge >= 0.3 is 0 Å². The normalized spacial score (nSPS) is 18.2. The standard InChI is InChI=1S/C11H15NO3/c1-14-10-4-7-3-8(6-13)12-9(7)5-11(10)15-2/h4-5,8,12-13H,3,6H2,1-2H3. The molecular weight excluding hydrogens is 194 g/mol. The van der Waals surface area contributed by atoms with Crippen molar-refractivity contribution >= 4 is 5.69 Å². The molecule has 1 aliphatic heterocycles. The van der Waals surface area contributed by atoms with E-state index in [0.29, 0.717) is 5.75 Å². The van der Waals surface area contributed by atoms with E-state index in [9.17, 15) is 0 Å². The molecule has 15 heavy (non-hydrogen) atoms. The van der Waals surface area contributed by atoms with Crippen LogP contribution in [0.1, 0.15) is 5.56 Å². The summed E-state index contributed by atoms with van der Waals surface area (Å²) >= 11 is 0. The first-order chi connectivity index (χ1) is 7.28. The van der Waals surface area contributed by atoms with Crippen LogP contribution in [0, 0.1) is 0 Å². The fourth-order valence-corrected chi connectivity index (χ4v) is 1.87. The number of nitrogens with one attached hydrogen (secondary N) is 1. The number of benzene rings is 1. The Bertz CT molecular complexity index is 332. The molecule has 1 atom stereocenters. The van der Waals surface area contributed by atoms with Crippen LogP contribution in [0.2, 0.25) is 0 Å². The highest BCUT2D eigenvalue weighted by atomic mass is 16.5. The maximum Gasteiger partial charge on any atom is 0.162 e. The number of aliphatic hydroxyl groups is 1. The molecule has 0 aliphatic carbocycles. The van der Waals surface area contributed by atoms with E-state index in [1.54, 1.807) is 14.2 Å². The smallest absolute Gasteiger partial charge is 0.162 e. The van der Waals surface area contributed by atoms with E-state index >= 15 is 0 Å². The van der Waals surface area contributed by atoms with Gasteiger partial charge in [-0.25, -0.2) is 0 Å². The van der Waals surface area contributed by atoms with Gasteiger partial charge in [0.05, 0.1) is 26.9 Å². The van der Waals surface area contributed by atoms with Crippen LogP contribution in [0.25, 0.3) is 0 Å². The van der Waals surface area contributed by atoms with E-state index in [1.807, 2.05) is 12.1 Å². The summed E-state index contributed by atoms with van der Waals surface area (Å²) in [6.07, 6.45) is 0.826. The molecule has 1 aromatic rings. The highest BCUT2D eigenvalue weighted by Crippen LogP contribution is 2.37. The van der Waals surface area contributed by atoms with Crippen molar-refractivity contribution in [2.45, 2.75) is 12.5 Å². The lowest BCUT2D eigenvalue weighted by Gasteiger charge is -2.10. The lowest BCUT2D eigenvalue weighted by atomic mass is 10.1. The third-order valence-corrected chi connectivity index (χ3v) is 2.66. The van der Waals surface area contributed by atoms with Crippen LogP contribution in [0.4, 0.5) is 5.69 Å². The van der Waals surface area contributed by atoms with E-state index in [2.05, 4.69) is 5.32 Å². The Kier molecular flexibility index (Phi) is 2.68. The van der Waals surface area contributed by atoms with Crippen LogP contribution in [0.3, 0.4) is 0 Å². The van der Waals surface area contributed by atoms with Crippen molar-refractivity contribution in [3.05, 3.63) is 17.7 Å². The number of ether oxygens (including phenoxy) is 2. The highest BCUT2D eigenvalue weighted by molar-refractivity contribution is 5.64. The number of hydrogen-bond acceptors (Lipinski definition) is 4. The summed E-state index contributed by atoms with van der Waals surface area (Å²) in [6.45, 7) is 0.138. The number of rotatable bonds is 3. The summed E-state index contributed by atoms with van der Waals surface area (Å²) in [6, 6.07) is 3.97. The molecule has 4 heteroatoms. The topological polar surface area (TPSA) is 50.7 Å². The molecule has 0 amide bonds. The van der Waals surface area contributed by atoms with Crippen molar-refractivity contribution in [1.82, 2.24) is 0 Å². The van der Waals surface area contributed by atoms with Crippen molar-refractivity contribution in [3.8, 4) is 11.5 Å². The third kappa shape index (κ3) is 1.72. The third-order valence-electron chi connectivity index (χ3n) is 2.66. The Morgan fingerprint density at radius 3 is 2.60 bits per heavy atom. The summed E-state index contributed by atoms with van der Waals surface area (Å²) in [5.41, 5.74) is 2.18. The van der Waals surface area contributed by atoms with Gasteiger partial charge in [0, 0.05) is 11.8 Å². The summed E-state index contributed by atoms with van der Waals surface area (Å²) in [7, 11) is 3.23. The number of hydrogen-bond donors (Lipinski definition) is 2. The molecule has 0 fully saturated rings. The minimum atomic E-state index is 0.108. The predicted octanol–water partition coefficient (Wildman–Crippen LogP) is 1.03. The van der Waals surface area contributed by atoms with E-state index in [-0.39, 0.29) is 12.6 Å². The Balaban J connectivity index is 2.35. The van der Waals surface area contributed by atoms with Gasteiger partial charge in [-0.1, -0.05) is 0 Å². The molecular formula is C11H15NO3. The maximum atomic E-state index is 9.07. The molecule has 0 radical (unpaired) electrons. The Hall–Kier alpha value is -1.42. The van der Waals surface area contributed by atoms with Crippen LogP contribution >= 0.6 is 0 Å². The zero-order valence-electron chi connectivity index (χ0n) is 8.91. The van der Waals surface area contributed by atoms with Gasteiger partial charge in [-0.15, -0.1) is 0 Å². The second-order valence-electron chi connectivity index (χ2n) is 3.59. The second kappa shape index (κ2) is 3.98. The fraction of sp³-hybridized carbons (Fsp3) is 0.455. The Morgan fingerprint density at radius 1 is 1.33 bits per heavy atom. The molecule has 0 saturated carbocycles. The maximum absolute atomic E-state index is 9.07. The highest BCUT2D eigenvalue weighted by Gasteiger charge is 2.22. The monoisotopic (exact) mass is 209 g/mol. The SMILES string of the molecule is COc1cc2c(cc1OC)NC(CO)C2. The molecule has 82 valence electrons. The van der Waals surface area contributed by atoms with Gasteiger partial charge in [-0.2, -0.15) is 0 Å². The molecule has 1 aliphatic rings. The molecule has 0 saturated heterocycles. The van der Waals surface area contributed by atoms with Gasteiger partial charge in [0.25, 0.3) is 0 Å². The molecule has 4 nitrogen and oxygen atoms in total. The number of aliphatic hydroxyl groups excluding tert-OH is 1. The van der Waals surface area contributed by atoms with Gasteiger partial charge in [0.15, 0.2) is 11.5 Å². The van der Waals surface area contributed by atoms with Crippen LogP contribution in [0.15, 0.2) is 12.1 Å². The number of methoxy groups -OCH3 is 2. The van der Waals surface area contributed by atoms with Gasteiger partial charge in [0.2, 0.25) is 0 Å². The Labute approximate surface area is 88.8 Å².